The van der Waals surface area contributed by atoms with Gasteiger partial charge in [-0.1, -0.05) is 24.8 Å². The van der Waals surface area contributed by atoms with Gasteiger partial charge in [-0.25, -0.2) is 0 Å². The number of nitrogens with zero attached hydrogens (tertiary/aromatic N) is 2. The number of hydrogen-bond acceptors (Lipinski definition) is 4. The fourth-order valence-electron chi connectivity index (χ4n) is 2.08. The summed E-state index contributed by atoms with van der Waals surface area (Å²) in [5.41, 5.74) is 1.49. The normalized spacial score (nSPS) is 10.8. The van der Waals surface area contributed by atoms with Crippen LogP contribution in [0.25, 0.3) is 11.6 Å². The molecule has 0 amide bonds. The van der Waals surface area contributed by atoms with Crippen molar-refractivity contribution >= 4 is 49.2 Å². The van der Waals surface area contributed by atoms with Crippen molar-refractivity contribution in [1.82, 2.24) is 0 Å². The molecule has 0 saturated heterocycles. The van der Waals surface area contributed by atoms with Gasteiger partial charge in [0.25, 0.3) is 5.69 Å². The molecule has 2 aromatic rings. The van der Waals surface area contributed by atoms with Gasteiger partial charge in [-0.05, 0) is 61.2 Å². The van der Waals surface area contributed by atoms with Gasteiger partial charge < -0.3 is 4.74 Å². The molecule has 0 bridgehead atoms. The second-order valence-electron chi connectivity index (χ2n) is 4.89. The summed E-state index contributed by atoms with van der Waals surface area (Å²) in [6.45, 7) is 3.97. The molecule has 0 saturated carbocycles. The highest BCUT2D eigenvalue weighted by Gasteiger charge is 2.11. The molecule has 25 heavy (non-hydrogen) atoms. The number of nitro benzene ring substituents is 1. The van der Waals surface area contributed by atoms with Crippen molar-refractivity contribution < 1.29 is 9.66 Å². The third kappa shape index (κ3) is 4.78. The molecule has 0 aliphatic heterocycles. The van der Waals surface area contributed by atoms with Gasteiger partial charge in [0, 0.05) is 12.1 Å². The Morgan fingerprint density at radius 1 is 1.32 bits per heavy atom. The van der Waals surface area contributed by atoms with Crippen molar-refractivity contribution in [2.75, 3.05) is 6.61 Å². The number of halogens is 2. The molecule has 0 heterocycles. The first-order valence-electron chi connectivity index (χ1n) is 7.05. The lowest BCUT2D eigenvalue weighted by Crippen LogP contribution is -1.95. The van der Waals surface area contributed by atoms with Gasteiger partial charge in [-0.2, -0.15) is 5.26 Å². The third-order valence-electron chi connectivity index (χ3n) is 3.17. The van der Waals surface area contributed by atoms with E-state index < -0.39 is 4.92 Å². The summed E-state index contributed by atoms with van der Waals surface area (Å²) in [7, 11) is 0. The highest BCUT2D eigenvalue weighted by atomic mass is 79.9. The summed E-state index contributed by atoms with van der Waals surface area (Å²) in [4.78, 5) is 10.4. The molecule has 2 aromatic carbocycles. The number of non-ortho nitro benzene ring substituents is 1. The van der Waals surface area contributed by atoms with E-state index in [1.54, 1.807) is 36.4 Å². The molecule has 5 nitrogen and oxygen atoms in total. The lowest BCUT2D eigenvalue weighted by molar-refractivity contribution is -0.384. The van der Waals surface area contributed by atoms with Crippen LogP contribution >= 0.6 is 31.9 Å². The zero-order valence-electron chi connectivity index (χ0n) is 12.9. The molecule has 126 valence electrons. The Labute approximate surface area is 161 Å². The first kappa shape index (κ1) is 18.9. The Morgan fingerprint density at radius 3 is 2.56 bits per heavy atom. The minimum atomic E-state index is -0.489. The largest absolute Gasteiger partial charge is 0.487 e. The summed E-state index contributed by atoms with van der Waals surface area (Å²) < 4.78 is 6.99. The van der Waals surface area contributed by atoms with Crippen molar-refractivity contribution in [3.8, 4) is 11.8 Å². The van der Waals surface area contributed by atoms with Crippen LogP contribution in [-0.4, -0.2) is 11.5 Å². The van der Waals surface area contributed by atoms with Crippen LogP contribution < -0.4 is 4.74 Å². The fourth-order valence-corrected chi connectivity index (χ4v) is 3.53. The number of nitro groups is 1. The molecule has 0 N–H and O–H groups in total. The lowest BCUT2D eigenvalue weighted by Gasteiger charge is -2.10. The van der Waals surface area contributed by atoms with Gasteiger partial charge in [0.2, 0.25) is 0 Å². The molecule has 0 radical (unpaired) electrons. The Bertz CT molecular complexity index is 878. The summed E-state index contributed by atoms with van der Waals surface area (Å²) in [5, 5.41) is 20.3. The summed E-state index contributed by atoms with van der Waals surface area (Å²) in [6.07, 6.45) is 3.30. The average molecular weight is 464 g/mol. The highest BCUT2D eigenvalue weighted by molar-refractivity contribution is 9.11. The minimum Gasteiger partial charge on any atom is -0.487 e. The predicted molar refractivity (Wildman–Crippen MR) is 104 cm³/mol. The van der Waals surface area contributed by atoms with Crippen molar-refractivity contribution in [2.45, 2.75) is 0 Å². The van der Waals surface area contributed by atoms with E-state index in [0.29, 0.717) is 32.4 Å². The van der Waals surface area contributed by atoms with E-state index >= 15 is 0 Å². The molecule has 0 aliphatic rings. The SMILES string of the molecule is C=CCOc1c(Br)cc(/C=C(\C#N)c2cccc([N+](=O)[O-])c2)cc1Br. The van der Waals surface area contributed by atoms with Crippen LogP contribution in [-0.2, 0) is 0 Å². The Balaban J connectivity index is 2.43. The maximum atomic E-state index is 10.9. The maximum Gasteiger partial charge on any atom is 0.270 e. The van der Waals surface area contributed by atoms with Crippen molar-refractivity contribution in [3.05, 3.63) is 79.2 Å². The predicted octanol–water partition coefficient (Wildman–Crippen LogP) is 5.75. The van der Waals surface area contributed by atoms with Crippen molar-refractivity contribution in [2.24, 2.45) is 0 Å². The Hall–Kier alpha value is -2.43. The van der Waals surface area contributed by atoms with Gasteiger partial charge >= 0.3 is 0 Å². The van der Waals surface area contributed by atoms with E-state index in [1.165, 1.54) is 12.1 Å². The van der Waals surface area contributed by atoms with E-state index in [-0.39, 0.29) is 5.69 Å². The number of nitriles is 1. The summed E-state index contributed by atoms with van der Waals surface area (Å²) >= 11 is 6.87. The first-order chi connectivity index (χ1) is 12.0. The van der Waals surface area contributed by atoms with E-state index in [4.69, 9.17) is 4.74 Å². The number of benzene rings is 2. The number of ether oxygens (including phenoxy) is 1. The maximum absolute atomic E-state index is 10.9. The zero-order valence-corrected chi connectivity index (χ0v) is 16.1. The van der Waals surface area contributed by atoms with Crippen LogP contribution in [0, 0.1) is 21.4 Å². The summed E-state index contributed by atoms with van der Waals surface area (Å²) in [6, 6.07) is 11.7. The van der Waals surface area contributed by atoms with Gasteiger partial charge in [-0.3, -0.25) is 10.1 Å². The van der Waals surface area contributed by atoms with Gasteiger partial charge in [0.15, 0.2) is 0 Å². The molecule has 0 spiro atoms. The Kier molecular flexibility index (Phi) is 6.51. The van der Waals surface area contributed by atoms with Crippen molar-refractivity contribution in [3.63, 3.8) is 0 Å². The smallest absolute Gasteiger partial charge is 0.270 e. The third-order valence-corrected chi connectivity index (χ3v) is 4.34. The van der Waals surface area contributed by atoms with Gasteiger partial charge in [0.05, 0.1) is 25.5 Å². The van der Waals surface area contributed by atoms with Gasteiger partial charge in [-0.15, -0.1) is 0 Å². The first-order valence-corrected chi connectivity index (χ1v) is 8.64. The monoisotopic (exact) mass is 462 g/mol. The highest BCUT2D eigenvalue weighted by Crippen LogP contribution is 2.36. The molecule has 0 aromatic heterocycles. The van der Waals surface area contributed by atoms with Gasteiger partial charge in [0.1, 0.15) is 12.4 Å². The molecular weight excluding hydrogens is 452 g/mol. The molecule has 0 atom stereocenters. The molecular formula is C18H12Br2N2O3. The molecule has 0 fully saturated rings. The molecule has 7 heteroatoms. The van der Waals surface area contributed by atoms with Crippen LogP contribution in [0.1, 0.15) is 11.1 Å². The topological polar surface area (TPSA) is 76.2 Å². The number of allylic oxidation sites excluding steroid dienone is 1. The van der Waals surface area contributed by atoms with Crippen LogP contribution in [0.2, 0.25) is 0 Å². The quantitative estimate of drug-likeness (QED) is 0.180. The summed E-state index contributed by atoms with van der Waals surface area (Å²) in [5.74, 6) is 0.630. The Morgan fingerprint density at radius 2 is 2.00 bits per heavy atom. The van der Waals surface area contributed by atoms with E-state index in [9.17, 15) is 15.4 Å². The van der Waals surface area contributed by atoms with Crippen LogP contribution in [0.5, 0.6) is 5.75 Å². The second-order valence-corrected chi connectivity index (χ2v) is 6.60. The van der Waals surface area contributed by atoms with E-state index in [2.05, 4.69) is 44.5 Å². The van der Waals surface area contributed by atoms with Crippen LogP contribution in [0.4, 0.5) is 5.69 Å². The fraction of sp³-hybridized carbons (Fsp3) is 0.0556. The van der Waals surface area contributed by atoms with E-state index in [1.807, 2.05) is 0 Å². The average Bonchev–Trinajstić information content (AvgIpc) is 2.59. The zero-order chi connectivity index (χ0) is 18.4. The molecule has 0 unspecified atom stereocenters. The van der Waals surface area contributed by atoms with Crippen LogP contribution in [0.3, 0.4) is 0 Å². The molecule has 0 aliphatic carbocycles. The lowest BCUT2D eigenvalue weighted by atomic mass is 10.0. The van der Waals surface area contributed by atoms with Crippen molar-refractivity contribution in [1.29, 1.82) is 5.26 Å². The second kappa shape index (κ2) is 8.60. The number of rotatable bonds is 6. The number of hydrogen-bond donors (Lipinski definition) is 0. The van der Waals surface area contributed by atoms with E-state index in [0.717, 1.165) is 5.56 Å². The standard InChI is InChI=1S/C18H12Br2N2O3/c1-2-6-25-18-16(19)8-12(9-17(18)20)7-14(11-21)13-4-3-5-15(10-13)22(23)24/h2-5,7-10H,1,6H2/b14-7+. The minimum absolute atomic E-state index is 0.0609. The molecule has 2 rings (SSSR count). The van der Waals surface area contributed by atoms with Crippen LogP contribution in [0.15, 0.2) is 58.0 Å².